The molecule has 1 amide bonds. The Labute approximate surface area is 137 Å². The van der Waals surface area contributed by atoms with E-state index in [1.54, 1.807) is 6.20 Å². The van der Waals surface area contributed by atoms with Crippen LogP contribution in [-0.2, 0) is 4.79 Å². The number of carbonyl (C=O) groups is 1. The van der Waals surface area contributed by atoms with Gasteiger partial charge < -0.3 is 10.1 Å². The predicted octanol–water partition coefficient (Wildman–Crippen LogP) is 3.70. The fourth-order valence-corrected chi connectivity index (χ4v) is 3.17. The number of aromatic nitrogens is 1. The third-order valence-electron chi connectivity index (χ3n) is 4.45. The van der Waals surface area contributed by atoms with Crippen LogP contribution in [-0.4, -0.2) is 24.0 Å². The zero-order valence-electron chi connectivity index (χ0n) is 13.5. The first-order valence-electron chi connectivity index (χ1n) is 8.59. The molecular formula is C19H24N2O2. The highest BCUT2D eigenvalue weighted by Gasteiger charge is 2.20. The predicted molar refractivity (Wildman–Crippen MR) is 91.4 cm³/mol. The van der Waals surface area contributed by atoms with Gasteiger partial charge in [-0.3, -0.25) is 9.78 Å². The maximum absolute atomic E-state index is 12.0. The Morgan fingerprint density at radius 3 is 2.87 bits per heavy atom. The lowest BCUT2D eigenvalue weighted by atomic mass is 9.89. The van der Waals surface area contributed by atoms with Crippen molar-refractivity contribution in [2.24, 2.45) is 5.92 Å². The minimum absolute atomic E-state index is 0.219. The number of benzene rings is 1. The number of para-hydroxylation sites is 1. The zero-order chi connectivity index (χ0) is 15.9. The highest BCUT2D eigenvalue weighted by atomic mass is 16.5. The second kappa shape index (κ2) is 7.95. The first kappa shape index (κ1) is 15.8. The molecule has 0 atom stereocenters. The fraction of sp³-hybridized carbons (Fsp3) is 0.474. The number of nitrogens with one attached hydrogen (secondary N) is 1. The Hall–Kier alpha value is -2.10. The molecule has 1 saturated carbocycles. The van der Waals surface area contributed by atoms with E-state index in [2.05, 4.69) is 10.3 Å². The number of hydrogen-bond acceptors (Lipinski definition) is 3. The molecule has 0 bridgehead atoms. The number of nitrogens with zero attached hydrogens (tertiary/aromatic N) is 1. The topological polar surface area (TPSA) is 51.2 Å². The molecule has 0 aliphatic heterocycles. The number of amides is 1. The highest BCUT2D eigenvalue weighted by Crippen LogP contribution is 2.24. The van der Waals surface area contributed by atoms with Crippen LogP contribution in [0.5, 0.6) is 5.75 Å². The summed E-state index contributed by atoms with van der Waals surface area (Å²) in [6.45, 7) is 1.26. The van der Waals surface area contributed by atoms with E-state index in [1.807, 2.05) is 30.3 Å². The van der Waals surface area contributed by atoms with Gasteiger partial charge in [0.25, 0.3) is 0 Å². The first-order chi connectivity index (χ1) is 11.3. The van der Waals surface area contributed by atoms with Crippen molar-refractivity contribution in [3.63, 3.8) is 0 Å². The van der Waals surface area contributed by atoms with Crippen LogP contribution >= 0.6 is 0 Å². The summed E-state index contributed by atoms with van der Waals surface area (Å²) in [7, 11) is 0. The largest absolute Gasteiger partial charge is 0.491 e. The van der Waals surface area contributed by atoms with Gasteiger partial charge in [0.1, 0.15) is 11.3 Å². The SMILES string of the molecule is O=C(NCCCOc1cccc2cccnc12)C1CCCCC1. The normalized spacial score (nSPS) is 15.5. The summed E-state index contributed by atoms with van der Waals surface area (Å²) in [6.07, 6.45) is 8.33. The third-order valence-corrected chi connectivity index (χ3v) is 4.45. The number of rotatable bonds is 6. The van der Waals surface area contributed by atoms with E-state index < -0.39 is 0 Å². The van der Waals surface area contributed by atoms with Gasteiger partial charge in [-0.1, -0.05) is 37.5 Å². The summed E-state index contributed by atoms with van der Waals surface area (Å²) >= 11 is 0. The minimum atomic E-state index is 0.219. The molecule has 2 aromatic rings. The molecule has 23 heavy (non-hydrogen) atoms. The van der Waals surface area contributed by atoms with Gasteiger partial charge in [0.2, 0.25) is 5.91 Å². The molecular weight excluding hydrogens is 288 g/mol. The second-order valence-corrected chi connectivity index (χ2v) is 6.16. The Bertz CT molecular complexity index is 645. The molecule has 1 aliphatic carbocycles. The minimum Gasteiger partial charge on any atom is -0.491 e. The first-order valence-corrected chi connectivity index (χ1v) is 8.59. The van der Waals surface area contributed by atoms with E-state index in [-0.39, 0.29) is 11.8 Å². The summed E-state index contributed by atoms with van der Waals surface area (Å²) in [6, 6.07) is 9.90. The Morgan fingerprint density at radius 2 is 2.00 bits per heavy atom. The molecule has 0 unspecified atom stereocenters. The van der Waals surface area contributed by atoms with Gasteiger partial charge in [-0.2, -0.15) is 0 Å². The van der Waals surface area contributed by atoms with Crippen LogP contribution in [0.25, 0.3) is 10.9 Å². The molecule has 1 aromatic carbocycles. The van der Waals surface area contributed by atoms with E-state index in [9.17, 15) is 4.79 Å². The molecule has 0 spiro atoms. The van der Waals surface area contributed by atoms with Crippen LogP contribution in [0.3, 0.4) is 0 Å². The smallest absolute Gasteiger partial charge is 0.223 e. The Balaban J connectivity index is 1.42. The summed E-state index contributed by atoms with van der Waals surface area (Å²) in [4.78, 5) is 16.4. The van der Waals surface area contributed by atoms with Gasteiger partial charge in [-0.05, 0) is 31.4 Å². The Morgan fingerprint density at radius 1 is 1.17 bits per heavy atom. The average molecular weight is 312 g/mol. The monoisotopic (exact) mass is 312 g/mol. The van der Waals surface area contributed by atoms with Crippen LogP contribution in [0.1, 0.15) is 38.5 Å². The zero-order valence-corrected chi connectivity index (χ0v) is 13.5. The van der Waals surface area contributed by atoms with Crippen molar-refractivity contribution in [2.45, 2.75) is 38.5 Å². The molecule has 1 heterocycles. The van der Waals surface area contributed by atoms with Crippen LogP contribution in [0, 0.1) is 5.92 Å². The van der Waals surface area contributed by atoms with Gasteiger partial charge in [0, 0.05) is 24.0 Å². The standard InChI is InChI=1S/C19H24N2O2/c22-19(16-7-2-1-3-8-16)21-13-6-14-23-17-11-4-9-15-10-5-12-20-18(15)17/h4-5,9-12,16H,1-3,6-8,13-14H2,(H,21,22). The van der Waals surface area contributed by atoms with Crippen LogP contribution in [0.2, 0.25) is 0 Å². The quantitative estimate of drug-likeness (QED) is 0.827. The third kappa shape index (κ3) is 4.21. The van der Waals surface area contributed by atoms with Gasteiger partial charge in [-0.15, -0.1) is 0 Å². The summed E-state index contributed by atoms with van der Waals surface area (Å²) < 4.78 is 5.83. The number of hydrogen-bond donors (Lipinski definition) is 1. The summed E-state index contributed by atoms with van der Waals surface area (Å²) in [5.74, 6) is 1.25. The molecule has 3 rings (SSSR count). The average Bonchev–Trinajstić information content (AvgIpc) is 2.62. The van der Waals surface area contributed by atoms with Crippen LogP contribution in [0.15, 0.2) is 36.5 Å². The molecule has 0 radical (unpaired) electrons. The molecule has 1 fully saturated rings. The van der Waals surface area contributed by atoms with E-state index in [4.69, 9.17) is 4.74 Å². The van der Waals surface area contributed by atoms with Gasteiger partial charge in [0.15, 0.2) is 0 Å². The molecule has 4 nitrogen and oxygen atoms in total. The van der Waals surface area contributed by atoms with E-state index >= 15 is 0 Å². The van der Waals surface area contributed by atoms with Crippen molar-refractivity contribution in [1.29, 1.82) is 0 Å². The van der Waals surface area contributed by atoms with Gasteiger partial charge in [-0.25, -0.2) is 0 Å². The lowest BCUT2D eigenvalue weighted by molar-refractivity contribution is -0.125. The lowest BCUT2D eigenvalue weighted by Gasteiger charge is -2.20. The van der Waals surface area contributed by atoms with Crippen molar-refractivity contribution in [3.8, 4) is 5.75 Å². The van der Waals surface area contributed by atoms with Crippen molar-refractivity contribution in [2.75, 3.05) is 13.2 Å². The number of fused-ring (bicyclic) bond motifs is 1. The van der Waals surface area contributed by atoms with E-state index in [1.165, 1.54) is 19.3 Å². The summed E-state index contributed by atoms with van der Waals surface area (Å²) in [5.41, 5.74) is 0.890. The molecule has 1 aromatic heterocycles. The van der Waals surface area contributed by atoms with Crippen molar-refractivity contribution in [3.05, 3.63) is 36.5 Å². The molecule has 0 saturated heterocycles. The van der Waals surface area contributed by atoms with Crippen LogP contribution in [0.4, 0.5) is 0 Å². The fourth-order valence-electron chi connectivity index (χ4n) is 3.17. The summed E-state index contributed by atoms with van der Waals surface area (Å²) in [5, 5.41) is 4.12. The number of carbonyl (C=O) groups excluding carboxylic acids is 1. The van der Waals surface area contributed by atoms with Gasteiger partial charge >= 0.3 is 0 Å². The number of pyridine rings is 1. The van der Waals surface area contributed by atoms with E-state index in [0.29, 0.717) is 13.2 Å². The second-order valence-electron chi connectivity index (χ2n) is 6.16. The maximum atomic E-state index is 12.0. The maximum Gasteiger partial charge on any atom is 0.223 e. The highest BCUT2D eigenvalue weighted by molar-refractivity contribution is 5.84. The molecule has 1 N–H and O–H groups in total. The lowest BCUT2D eigenvalue weighted by Crippen LogP contribution is -2.33. The van der Waals surface area contributed by atoms with Crippen molar-refractivity contribution >= 4 is 16.8 Å². The van der Waals surface area contributed by atoms with Crippen molar-refractivity contribution < 1.29 is 9.53 Å². The Kier molecular flexibility index (Phi) is 5.46. The van der Waals surface area contributed by atoms with Crippen LogP contribution < -0.4 is 10.1 Å². The molecule has 1 aliphatic rings. The van der Waals surface area contributed by atoms with E-state index in [0.717, 1.165) is 35.9 Å². The molecule has 122 valence electrons. The van der Waals surface area contributed by atoms with Crippen molar-refractivity contribution in [1.82, 2.24) is 10.3 Å². The number of ether oxygens (including phenoxy) is 1. The molecule has 4 heteroatoms. The van der Waals surface area contributed by atoms with Gasteiger partial charge in [0.05, 0.1) is 6.61 Å².